The van der Waals surface area contributed by atoms with Crippen molar-refractivity contribution in [1.29, 1.82) is 0 Å². The highest BCUT2D eigenvalue weighted by atomic mass is 79.9. The van der Waals surface area contributed by atoms with Crippen molar-refractivity contribution in [3.8, 4) is 0 Å². The predicted octanol–water partition coefficient (Wildman–Crippen LogP) is 4.89. The molecule has 0 aliphatic carbocycles. The Labute approximate surface area is 119 Å². The van der Waals surface area contributed by atoms with Gasteiger partial charge >= 0.3 is 0 Å². The fourth-order valence-corrected chi connectivity index (χ4v) is 2.92. The van der Waals surface area contributed by atoms with E-state index in [0.29, 0.717) is 12.5 Å². The van der Waals surface area contributed by atoms with Crippen LogP contribution in [0.2, 0.25) is 0 Å². The lowest BCUT2D eigenvalue weighted by atomic mass is 10.0. The Morgan fingerprint density at radius 1 is 1.16 bits per heavy atom. The van der Waals surface area contributed by atoms with E-state index in [0.717, 1.165) is 38.4 Å². The van der Waals surface area contributed by atoms with Crippen LogP contribution in [0.15, 0.2) is 12.1 Å². The van der Waals surface area contributed by atoms with Gasteiger partial charge in [0.05, 0.1) is 6.10 Å². The molecule has 1 fully saturated rings. The first-order chi connectivity index (χ1) is 9.08. The second-order valence-electron chi connectivity index (χ2n) is 4.82. The highest BCUT2D eigenvalue weighted by molar-refractivity contribution is 9.09. The second-order valence-corrected chi connectivity index (χ2v) is 5.93. The monoisotopic (exact) mass is 336 g/mol. The van der Waals surface area contributed by atoms with Crippen LogP contribution in [-0.2, 0) is 4.74 Å². The van der Waals surface area contributed by atoms with Gasteiger partial charge in [-0.2, -0.15) is 0 Å². The molecule has 1 aromatic rings. The molecule has 1 aromatic carbocycles. The van der Waals surface area contributed by atoms with Crippen molar-refractivity contribution in [3.05, 3.63) is 35.1 Å². The summed E-state index contributed by atoms with van der Waals surface area (Å²) in [6.45, 7) is 0.775. The molecular formula is C14H16BrF3O. The molecule has 1 nitrogen and oxygen atoms in total. The first-order valence-electron chi connectivity index (χ1n) is 6.48. The van der Waals surface area contributed by atoms with Gasteiger partial charge in [-0.1, -0.05) is 15.9 Å². The standard InChI is InChI=1S/C14H16BrF3O/c15-11(5-4-9-3-1-2-6-19-9)10-7-13(17)14(18)8-12(10)16/h7-9,11H,1-6H2. The molecule has 1 saturated heterocycles. The van der Waals surface area contributed by atoms with Gasteiger partial charge in [0.1, 0.15) is 5.82 Å². The number of benzene rings is 1. The van der Waals surface area contributed by atoms with Gasteiger partial charge in [0.15, 0.2) is 11.6 Å². The van der Waals surface area contributed by atoms with Crippen molar-refractivity contribution in [2.45, 2.75) is 43.0 Å². The van der Waals surface area contributed by atoms with Crippen molar-refractivity contribution in [1.82, 2.24) is 0 Å². The van der Waals surface area contributed by atoms with Gasteiger partial charge in [-0.3, -0.25) is 0 Å². The summed E-state index contributed by atoms with van der Waals surface area (Å²) in [5, 5.41) is 0. The van der Waals surface area contributed by atoms with Crippen LogP contribution < -0.4 is 0 Å². The van der Waals surface area contributed by atoms with Gasteiger partial charge in [0.25, 0.3) is 0 Å². The summed E-state index contributed by atoms with van der Waals surface area (Å²) in [6.07, 6.45) is 4.87. The van der Waals surface area contributed by atoms with E-state index in [1.54, 1.807) is 0 Å². The molecule has 19 heavy (non-hydrogen) atoms. The van der Waals surface area contributed by atoms with Gasteiger partial charge in [0, 0.05) is 23.1 Å². The van der Waals surface area contributed by atoms with Crippen LogP contribution in [0.5, 0.6) is 0 Å². The average Bonchev–Trinajstić information content (AvgIpc) is 2.41. The van der Waals surface area contributed by atoms with Gasteiger partial charge in [-0.15, -0.1) is 0 Å². The minimum absolute atomic E-state index is 0.162. The lowest BCUT2D eigenvalue weighted by Gasteiger charge is -2.23. The molecule has 0 N–H and O–H groups in total. The molecular weight excluding hydrogens is 321 g/mol. The SMILES string of the molecule is Fc1cc(F)c(C(Br)CCC2CCCCO2)cc1F. The fourth-order valence-electron chi connectivity index (χ4n) is 2.30. The van der Waals surface area contributed by atoms with E-state index in [4.69, 9.17) is 4.74 Å². The third kappa shape index (κ3) is 3.96. The zero-order chi connectivity index (χ0) is 13.8. The zero-order valence-corrected chi connectivity index (χ0v) is 12.1. The van der Waals surface area contributed by atoms with Gasteiger partial charge in [-0.05, 0) is 38.2 Å². The number of alkyl halides is 1. The van der Waals surface area contributed by atoms with Gasteiger partial charge < -0.3 is 4.74 Å². The summed E-state index contributed by atoms with van der Waals surface area (Å²) >= 11 is 3.34. The lowest BCUT2D eigenvalue weighted by molar-refractivity contribution is 0.0101. The quantitative estimate of drug-likeness (QED) is 0.562. The normalized spacial score (nSPS) is 21.4. The largest absolute Gasteiger partial charge is 0.378 e. The summed E-state index contributed by atoms with van der Waals surface area (Å²) in [6, 6.07) is 1.52. The molecule has 0 amide bonds. The number of hydrogen-bond acceptors (Lipinski definition) is 1. The maximum absolute atomic E-state index is 13.6. The van der Waals surface area contributed by atoms with Crippen LogP contribution in [-0.4, -0.2) is 12.7 Å². The maximum atomic E-state index is 13.6. The molecule has 1 heterocycles. The first kappa shape index (κ1) is 14.9. The molecule has 1 aliphatic heterocycles. The fraction of sp³-hybridized carbons (Fsp3) is 0.571. The highest BCUT2D eigenvalue weighted by Gasteiger charge is 2.20. The topological polar surface area (TPSA) is 9.23 Å². The molecule has 5 heteroatoms. The van der Waals surface area contributed by atoms with Crippen molar-refractivity contribution >= 4 is 15.9 Å². The smallest absolute Gasteiger partial charge is 0.161 e. The molecule has 0 aromatic heterocycles. The van der Waals surface area contributed by atoms with Crippen molar-refractivity contribution in [3.63, 3.8) is 0 Å². The molecule has 2 unspecified atom stereocenters. The Bertz CT molecular complexity index is 433. The molecule has 0 spiro atoms. The summed E-state index contributed by atoms with van der Waals surface area (Å²) in [4.78, 5) is -0.326. The maximum Gasteiger partial charge on any atom is 0.161 e. The molecule has 0 bridgehead atoms. The Morgan fingerprint density at radius 3 is 2.58 bits per heavy atom. The number of ether oxygens (including phenoxy) is 1. The van der Waals surface area contributed by atoms with Crippen LogP contribution in [0.25, 0.3) is 0 Å². The Hall–Kier alpha value is -0.550. The molecule has 2 atom stereocenters. The molecule has 2 rings (SSSR count). The van der Waals surface area contributed by atoms with Crippen LogP contribution in [0, 0.1) is 17.5 Å². The Balaban J connectivity index is 1.95. The van der Waals surface area contributed by atoms with E-state index in [2.05, 4.69) is 15.9 Å². The van der Waals surface area contributed by atoms with E-state index < -0.39 is 17.5 Å². The zero-order valence-electron chi connectivity index (χ0n) is 10.5. The third-order valence-electron chi connectivity index (χ3n) is 3.39. The highest BCUT2D eigenvalue weighted by Crippen LogP contribution is 2.32. The van der Waals surface area contributed by atoms with Crippen LogP contribution in [0.1, 0.15) is 42.5 Å². The Kier molecular flexibility index (Phi) is 5.28. The van der Waals surface area contributed by atoms with E-state index in [1.165, 1.54) is 0 Å². The number of hydrogen-bond donors (Lipinski definition) is 0. The molecule has 1 aliphatic rings. The van der Waals surface area contributed by atoms with E-state index in [-0.39, 0.29) is 16.5 Å². The molecule has 0 radical (unpaired) electrons. The molecule has 0 saturated carbocycles. The lowest BCUT2D eigenvalue weighted by Crippen LogP contribution is -2.19. The minimum atomic E-state index is -1.16. The van der Waals surface area contributed by atoms with Gasteiger partial charge in [-0.25, -0.2) is 13.2 Å². The van der Waals surface area contributed by atoms with Crippen molar-refractivity contribution < 1.29 is 17.9 Å². The summed E-state index contributed by atoms with van der Waals surface area (Å²) in [5.41, 5.74) is 0.162. The van der Waals surface area contributed by atoms with Gasteiger partial charge in [0.2, 0.25) is 0 Å². The van der Waals surface area contributed by atoms with E-state index in [1.807, 2.05) is 0 Å². The third-order valence-corrected chi connectivity index (χ3v) is 4.34. The predicted molar refractivity (Wildman–Crippen MR) is 70.8 cm³/mol. The van der Waals surface area contributed by atoms with Crippen LogP contribution in [0.3, 0.4) is 0 Å². The number of rotatable bonds is 4. The average molecular weight is 337 g/mol. The van der Waals surface area contributed by atoms with Crippen LogP contribution >= 0.6 is 15.9 Å². The number of halogens is 4. The van der Waals surface area contributed by atoms with E-state index >= 15 is 0 Å². The van der Waals surface area contributed by atoms with E-state index in [9.17, 15) is 13.2 Å². The van der Waals surface area contributed by atoms with Crippen LogP contribution in [0.4, 0.5) is 13.2 Å². The summed E-state index contributed by atoms with van der Waals surface area (Å²) in [5.74, 6) is -2.89. The molecule has 106 valence electrons. The second kappa shape index (κ2) is 6.75. The first-order valence-corrected chi connectivity index (χ1v) is 7.39. The summed E-state index contributed by atoms with van der Waals surface area (Å²) < 4.78 is 45.1. The van der Waals surface area contributed by atoms with Crippen molar-refractivity contribution in [2.75, 3.05) is 6.61 Å². The summed E-state index contributed by atoms with van der Waals surface area (Å²) in [7, 11) is 0. The Morgan fingerprint density at radius 2 is 1.89 bits per heavy atom. The minimum Gasteiger partial charge on any atom is -0.378 e. The van der Waals surface area contributed by atoms with Crippen molar-refractivity contribution in [2.24, 2.45) is 0 Å².